The maximum absolute atomic E-state index is 12.9. The molecule has 1 saturated heterocycles. The first kappa shape index (κ1) is 18.4. The van der Waals surface area contributed by atoms with Crippen LogP contribution in [0.2, 0.25) is 0 Å². The van der Waals surface area contributed by atoms with Gasteiger partial charge in [-0.15, -0.1) is 0 Å². The number of imide groups is 1. The second-order valence-corrected chi connectivity index (χ2v) is 7.78. The summed E-state index contributed by atoms with van der Waals surface area (Å²) in [5.41, 5.74) is 1.34. The first-order chi connectivity index (χ1) is 13.5. The molecule has 0 spiro atoms. The van der Waals surface area contributed by atoms with Gasteiger partial charge in [-0.25, -0.2) is 4.90 Å². The number of rotatable bonds is 4. The summed E-state index contributed by atoms with van der Waals surface area (Å²) >= 11 is 0. The Kier molecular flexibility index (Phi) is 4.99. The minimum absolute atomic E-state index is 0.130. The average Bonchev–Trinajstić information content (AvgIpc) is 2.92. The van der Waals surface area contributed by atoms with Gasteiger partial charge < -0.3 is 4.74 Å². The lowest BCUT2D eigenvalue weighted by molar-refractivity contribution is -0.133. The van der Waals surface area contributed by atoms with Gasteiger partial charge in [-0.2, -0.15) is 0 Å². The highest BCUT2D eigenvalue weighted by Crippen LogP contribution is 2.42. The number of fused-ring (bicyclic) bond motifs is 1. The molecule has 5 nitrogen and oxygen atoms in total. The van der Waals surface area contributed by atoms with Crippen LogP contribution in [0.5, 0.6) is 5.75 Å². The number of ether oxygens (including phenoxy) is 1. The molecule has 2 aliphatic rings. The van der Waals surface area contributed by atoms with Gasteiger partial charge in [0.15, 0.2) is 0 Å². The molecule has 144 valence electrons. The molecule has 0 unspecified atom stereocenters. The van der Waals surface area contributed by atoms with E-state index >= 15 is 0 Å². The molecular formula is C23H23NO4. The van der Waals surface area contributed by atoms with E-state index in [1.165, 1.54) is 4.90 Å². The molecule has 2 fully saturated rings. The van der Waals surface area contributed by atoms with Crippen LogP contribution in [-0.4, -0.2) is 17.8 Å². The van der Waals surface area contributed by atoms with E-state index < -0.39 is 0 Å². The Bertz CT molecular complexity index is 908. The number of carbonyl (C=O) groups is 3. The van der Waals surface area contributed by atoms with E-state index in [1.807, 2.05) is 30.3 Å². The highest BCUT2D eigenvalue weighted by Gasteiger charge is 2.50. The first-order valence-corrected chi connectivity index (χ1v) is 9.75. The van der Waals surface area contributed by atoms with Gasteiger partial charge in [-0.05, 0) is 42.9 Å². The van der Waals surface area contributed by atoms with Crippen molar-refractivity contribution in [2.45, 2.75) is 32.6 Å². The standard InChI is InChI=1S/C23H23NO4/c1-15-10-11-19-20(12-15)23(27)24(22(19)26)17-8-5-9-18(14-17)28-21(25)13-16-6-3-2-4-7-16/h2-9,14-15,19-20H,10-13H2,1H3/t15-,19+,20+/m1/s1. The van der Waals surface area contributed by atoms with Gasteiger partial charge in [-0.1, -0.05) is 43.3 Å². The van der Waals surface area contributed by atoms with Crippen LogP contribution in [-0.2, 0) is 20.8 Å². The maximum Gasteiger partial charge on any atom is 0.315 e. The third-order valence-electron chi connectivity index (χ3n) is 5.69. The molecule has 0 bridgehead atoms. The van der Waals surface area contributed by atoms with Gasteiger partial charge in [-0.3, -0.25) is 14.4 Å². The number of esters is 1. The molecule has 28 heavy (non-hydrogen) atoms. The summed E-state index contributed by atoms with van der Waals surface area (Å²) in [7, 11) is 0. The van der Waals surface area contributed by atoms with E-state index in [0.717, 1.165) is 24.8 Å². The van der Waals surface area contributed by atoms with E-state index in [9.17, 15) is 14.4 Å². The predicted molar refractivity (Wildman–Crippen MR) is 105 cm³/mol. The number of hydrogen-bond acceptors (Lipinski definition) is 4. The average molecular weight is 377 g/mol. The number of hydrogen-bond donors (Lipinski definition) is 0. The Morgan fingerprint density at radius 2 is 1.75 bits per heavy atom. The summed E-state index contributed by atoms with van der Waals surface area (Å²) in [6.45, 7) is 2.13. The molecule has 2 aromatic rings. The Morgan fingerprint density at radius 1 is 1.00 bits per heavy atom. The number of nitrogens with zero attached hydrogens (tertiary/aromatic N) is 1. The second kappa shape index (κ2) is 7.58. The third kappa shape index (κ3) is 3.57. The summed E-state index contributed by atoms with van der Waals surface area (Å²) in [5, 5.41) is 0. The molecule has 1 aliphatic carbocycles. The van der Waals surface area contributed by atoms with E-state index in [4.69, 9.17) is 4.74 Å². The van der Waals surface area contributed by atoms with E-state index in [0.29, 0.717) is 17.4 Å². The van der Waals surface area contributed by atoms with Gasteiger partial charge in [0.1, 0.15) is 5.75 Å². The topological polar surface area (TPSA) is 63.7 Å². The Labute approximate surface area is 164 Å². The van der Waals surface area contributed by atoms with Crippen LogP contribution in [0.3, 0.4) is 0 Å². The van der Waals surface area contributed by atoms with Gasteiger partial charge in [0.25, 0.3) is 0 Å². The second-order valence-electron chi connectivity index (χ2n) is 7.78. The smallest absolute Gasteiger partial charge is 0.315 e. The Balaban J connectivity index is 1.50. The molecule has 0 N–H and O–H groups in total. The van der Waals surface area contributed by atoms with Crippen LogP contribution in [0.25, 0.3) is 0 Å². The van der Waals surface area contributed by atoms with Crippen molar-refractivity contribution in [2.75, 3.05) is 4.90 Å². The number of amides is 2. The summed E-state index contributed by atoms with van der Waals surface area (Å²) in [5.74, 6) is -0.284. The first-order valence-electron chi connectivity index (χ1n) is 9.75. The Morgan fingerprint density at radius 3 is 2.54 bits per heavy atom. The van der Waals surface area contributed by atoms with Crippen molar-refractivity contribution in [3.63, 3.8) is 0 Å². The van der Waals surface area contributed by atoms with Gasteiger partial charge in [0, 0.05) is 6.07 Å². The fraction of sp³-hybridized carbons (Fsp3) is 0.348. The van der Waals surface area contributed by atoms with Crippen molar-refractivity contribution in [3.8, 4) is 5.75 Å². The molecule has 4 rings (SSSR count). The quantitative estimate of drug-likeness (QED) is 0.462. The van der Waals surface area contributed by atoms with Gasteiger partial charge >= 0.3 is 5.97 Å². The minimum Gasteiger partial charge on any atom is -0.426 e. The molecule has 1 saturated carbocycles. The molecule has 1 heterocycles. The minimum atomic E-state index is -0.384. The van der Waals surface area contributed by atoms with Crippen molar-refractivity contribution in [2.24, 2.45) is 17.8 Å². The van der Waals surface area contributed by atoms with Gasteiger partial charge in [0.05, 0.1) is 23.9 Å². The molecule has 0 radical (unpaired) electrons. The van der Waals surface area contributed by atoms with Crippen LogP contribution in [0.4, 0.5) is 5.69 Å². The fourth-order valence-corrected chi connectivity index (χ4v) is 4.26. The number of anilines is 1. The van der Waals surface area contributed by atoms with Crippen molar-refractivity contribution in [1.82, 2.24) is 0 Å². The van der Waals surface area contributed by atoms with Crippen molar-refractivity contribution < 1.29 is 19.1 Å². The Hall–Kier alpha value is -2.95. The van der Waals surface area contributed by atoms with E-state index in [1.54, 1.807) is 24.3 Å². The molecule has 2 aromatic carbocycles. The zero-order chi connectivity index (χ0) is 19.7. The normalized spacial score (nSPS) is 24.2. The summed E-state index contributed by atoms with van der Waals surface area (Å²) in [6, 6.07) is 16.0. The largest absolute Gasteiger partial charge is 0.426 e. The summed E-state index contributed by atoms with van der Waals surface area (Å²) in [4.78, 5) is 39.2. The van der Waals surface area contributed by atoms with Crippen molar-refractivity contribution >= 4 is 23.5 Å². The lowest BCUT2D eigenvalue weighted by atomic mass is 9.76. The monoisotopic (exact) mass is 377 g/mol. The van der Waals surface area contributed by atoms with Gasteiger partial charge in [0.2, 0.25) is 11.8 Å². The third-order valence-corrected chi connectivity index (χ3v) is 5.69. The van der Waals surface area contributed by atoms with E-state index in [2.05, 4.69) is 6.92 Å². The SMILES string of the molecule is C[C@@H]1CC[C@@H]2C(=O)N(c3cccc(OC(=O)Cc4ccccc4)c3)C(=O)[C@H]2C1. The van der Waals surface area contributed by atoms with E-state index in [-0.39, 0.29) is 36.0 Å². The molecule has 1 aliphatic heterocycles. The highest BCUT2D eigenvalue weighted by molar-refractivity contribution is 6.22. The fourth-order valence-electron chi connectivity index (χ4n) is 4.26. The lowest BCUT2D eigenvalue weighted by Crippen LogP contribution is -2.30. The van der Waals surface area contributed by atoms with Crippen LogP contribution in [0, 0.1) is 17.8 Å². The van der Waals surface area contributed by atoms with Crippen molar-refractivity contribution in [1.29, 1.82) is 0 Å². The predicted octanol–water partition coefficient (Wildman–Crippen LogP) is 3.76. The lowest BCUT2D eigenvalue weighted by Gasteiger charge is -2.25. The highest BCUT2D eigenvalue weighted by atomic mass is 16.5. The number of benzene rings is 2. The van der Waals surface area contributed by atoms with Crippen LogP contribution in [0.15, 0.2) is 54.6 Å². The zero-order valence-electron chi connectivity index (χ0n) is 15.8. The van der Waals surface area contributed by atoms with Crippen LogP contribution >= 0.6 is 0 Å². The molecule has 0 aromatic heterocycles. The summed E-state index contributed by atoms with van der Waals surface area (Å²) in [6.07, 6.45) is 2.66. The van der Waals surface area contributed by atoms with Crippen molar-refractivity contribution in [3.05, 3.63) is 60.2 Å². The molecule has 5 heteroatoms. The molecular weight excluding hydrogens is 354 g/mol. The van der Waals surface area contributed by atoms with Crippen LogP contribution in [0.1, 0.15) is 31.7 Å². The summed E-state index contributed by atoms with van der Waals surface area (Å²) < 4.78 is 5.44. The number of carbonyl (C=O) groups excluding carboxylic acids is 3. The van der Waals surface area contributed by atoms with Crippen LogP contribution < -0.4 is 9.64 Å². The zero-order valence-corrected chi connectivity index (χ0v) is 15.8. The molecule has 3 atom stereocenters. The maximum atomic E-state index is 12.9. The molecule has 2 amide bonds.